The van der Waals surface area contributed by atoms with Crippen LogP contribution in [0, 0.1) is 0 Å². The van der Waals surface area contributed by atoms with Crippen LogP contribution >= 0.6 is 7.82 Å². The Balaban J connectivity index is 2.32. The molecule has 1 rings (SSSR count). The first-order valence-electron chi connectivity index (χ1n) is 26.5. The lowest BCUT2D eigenvalue weighted by Gasteiger charge is -2.41. The summed E-state index contributed by atoms with van der Waals surface area (Å²) in [7, 11) is -5.12. The van der Waals surface area contributed by atoms with Crippen LogP contribution in [0.15, 0.2) is 12.2 Å². The zero-order valence-electron chi connectivity index (χ0n) is 41.1. The van der Waals surface area contributed by atoms with Gasteiger partial charge in [0.2, 0.25) is 0 Å². The Morgan fingerprint density at radius 3 is 1.18 bits per heavy atom. The van der Waals surface area contributed by atoms with Crippen LogP contribution in [-0.2, 0) is 32.7 Å². The van der Waals surface area contributed by atoms with Crippen LogP contribution in [0.25, 0.3) is 0 Å². The molecule has 1 saturated carbocycles. The van der Waals surface area contributed by atoms with Crippen molar-refractivity contribution < 1.29 is 63.1 Å². The maximum atomic E-state index is 12.8. The Morgan fingerprint density at radius 2 is 0.785 bits per heavy atom. The molecule has 14 heteroatoms. The minimum atomic E-state index is -5.12. The summed E-state index contributed by atoms with van der Waals surface area (Å²) in [4.78, 5) is 35.8. The van der Waals surface area contributed by atoms with Crippen molar-refractivity contribution in [2.45, 2.75) is 288 Å². The summed E-state index contributed by atoms with van der Waals surface area (Å²) < 4.78 is 33.6. The Kier molecular flexibility index (Phi) is 39.4. The fraction of sp³-hybridized carbons (Fsp3) is 0.922. The highest BCUT2D eigenvalue weighted by Gasteiger charge is 2.51. The van der Waals surface area contributed by atoms with Crippen LogP contribution in [0.4, 0.5) is 0 Å². The topological polar surface area (TPSA) is 210 Å². The maximum Gasteiger partial charge on any atom is 0.472 e. The number of aliphatic hydroxyl groups is 5. The number of rotatable bonds is 45. The lowest BCUT2D eigenvalue weighted by molar-refractivity contribution is -0.220. The van der Waals surface area contributed by atoms with Gasteiger partial charge >= 0.3 is 19.8 Å². The van der Waals surface area contributed by atoms with Crippen molar-refractivity contribution in [1.82, 2.24) is 0 Å². The molecule has 0 saturated heterocycles. The van der Waals surface area contributed by atoms with Crippen molar-refractivity contribution in [1.29, 1.82) is 0 Å². The van der Waals surface area contributed by atoms with Gasteiger partial charge in [-0.2, -0.15) is 0 Å². The number of hydrogen-bond acceptors (Lipinski definition) is 12. The Hall–Kier alpha value is -1.41. The van der Waals surface area contributed by atoms with Crippen LogP contribution in [0.5, 0.6) is 0 Å². The summed E-state index contributed by atoms with van der Waals surface area (Å²) in [6, 6.07) is 0. The van der Waals surface area contributed by atoms with E-state index in [0.717, 1.165) is 57.8 Å². The predicted octanol–water partition coefficient (Wildman–Crippen LogP) is 11.4. The van der Waals surface area contributed by atoms with Gasteiger partial charge in [-0.25, -0.2) is 4.57 Å². The normalized spacial score (nSPS) is 21.4. The molecule has 0 spiro atoms. The summed E-state index contributed by atoms with van der Waals surface area (Å²) in [6.07, 6.45) is 32.7. The van der Waals surface area contributed by atoms with E-state index in [1.54, 1.807) is 0 Å². The summed E-state index contributed by atoms with van der Waals surface area (Å²) >= 11 is 0. The molecular formula is C51H97O13P. The number of hydrogen-bond donors (Lipinski definition) is 6. The van der Waals surface area contributed by atoms with Gasteiger partial charge in [0.05, 0.1) is 6.61 Å². The van der Waals surface area contributed by atoms with Crippen molar-refractivity contribution in [3.63, 3.8) is 0 Å². The largest absolute Gasteiger partial charge is 0.472 e. The monoisotopic (exact) mass is 949 g/mol. The first kappa shape index (κ1) is 61.6. The molecule has 0 bridgehead atoms. The second-order valence-corrected chi connectivity index (χ2v) is 20.1. The molecule has 0 aromatic rings. The molecule has 0 aliphatic heterocycles. The predicted molar refractivity (Wildman–Crippen MR) is 258 cm³/mol. The van der Waals surface area contributed by atoms with E-state index in [1.807, 2.05) is 0 Å². The van der Waals surface area contributed by atoms with Gasteiger partial charge in [-0.1, -0.05) is 206 Å². The quantitative estimate of drug-likeness (QED) is 0.0145. The summed E-state index contributed by atoms with van der Waals surface area (Å²) in [5, 5.41) is 50.2. The van der Waals surface area contributed by atoms with E-state index in [-0.39, 0.29) is 12.8 Å². The number of aliphatic hydroxyl groups excluding tert-OH is 5. The average Bonchev–Trinajstić information content (AvgIpc) is 3.29. The van der Waals surface area contributed by atoms with E-state index >= 15 is 0 Å². The van der Waals surface area contributed by atoms with Crippen LogP contribution in [0.3, 0.4) is 0 Å². The highest BCUT2D eigenvalue weighted by Crippen LogP contribution is 2.47. The molecule has 6 N–H and O–H groups in total. The molecule has 65 heavy (non-hydrogen) atoms. The summed E-state index contributed by atoms with van der Waals surface area (Å²) in [5.74, 6) is -1.10. The molecule has 384 valence electrons. The number of allylic oxidation sites excluding steroid dienone is 2. The van der Waals surface area contributed by atoms with E-state index in [0.29, 0.717) is 12.8 Å². The standard InChI is InChI=1S/C51H97O13P/c1-3-5-7-9-11-13-15-17-18-19-20-21-22-23-24-25-26-28-29-31-33-35-37-39-44(52)61-41-43(42-62-65(59,60)64-51-49(57)47(55)46(54)48(56)50(51)58)63-45(53)40-38-36-34-32-30-27-16-14-12-10-8-6-4-2/h14,16,43,46-51,54-58H,3-13,15,17-42H2,1-2H3,(H,59,60)/b16-14+/t43-,46?,47-,48?,49?,50?,51?/m0/s1. The Labute approximate surface area is 394 Å². The zero-order chi connectivity index (χ0) is 47.8. The Morgan fingerprint density at radius 1 is 0.462 bits per heavy atom. The lowest BCUT2D eigenvalue weighted by atomic mass is 9.85. The van der Waals surface area contributed by atoms with Crippen LogP contribution < -0.4 is 0 Å². The molecule has 1 fully saturated rings. The molecule has 0 aromatic carbocycles. The molecule has 8 atom stereocenters. The number of phosphoric ester groups is 1. The van der Waals surface area contributed by atoms with Gasteiger partial charge < -0.3 is 39.9 Å². The minimum Gasteiger partial charge on any atom is -0.462 e. The highest BCUT2D eigenvalue weighted by molar-refractivity contribution is 7.47. The molecule has 1 aliphatic rings. The first-order valence-corrected chi connectivity index (χ1v) is 28.0. The molecule has 1 aliphatic carbocycles. The number of esters is 2. The first-order chi connectivity index (χ1) is 31.4. The molecule has 0 radical (unpaired) electrons. The lowest BCUT2D eigenvalue weighted by Crippen LogP contribution is -2.64. The van der Waals surface area contributed by atoms with Crippen molar-refractivity contribution in [3.05, 3.63) is 12.2 Å². The summed E-state index contributed by atoms with van der Waals surface area (Å²) in [5.41, 5.74) is 0. The van der Waals surface area contributed by atoms with Crippen LogP contribution in [0.1, 0.15) is 245 Å². The van der Waals surface area contributed by atoms with Gasteiger partial charge in [-0.05, 0) is 38.5 Å². The minimum absolute atomic E-state index is 0.0907. The number of carbonyl (C=O) groups excluding carboxylic acids is 2. The SMILES string of the molecule is CCCCCC/C=C/CCCCCCCC(=O)O[C@@H](COC(=O)CCCCCCCCCCCCCCCCCCCCCCCCC)COP(=O)(O)OC1C(O)C(O)C(O)[C@H](O)C1O. The number of phosphoric acid groups is 1. The number of unbranched alkanes of at least 4 members (excludes halogenated alkanes) is 31. The van der Waals surface area contributed by atoms with Crippen molar-refractivity contribution >= 4 is 19.8 Å². The highest BCUT2D eigenvalue weighted by atomic mass is 31.2. The fourth-order valence-electron chi connectivity index (χ4n) is 8.34. The zero-order valence-corrected chi connectivity index (χ0v) is 41.9. The van der Waals surface area contributed by atoms with E-state index in [4.69, 9.17) is 18.5 Å². The van der Waals surface area contributed by atoms with Gasteiger partial charge in [-0.15, -0.1) is 0 Å². The smallest absolute Gasteiger partial charge is 0.462 e. The van der Waals surface area contributed by atoms with Gasteiger partial charge in [0.1, 0.15) is 43.2 Å². The van der Waals surface area contributed by atoms with Crippen molar-refractivity contribution in [2.24, 2.45) is 0 Å². The van der Waals surface area contributed by atoms with Gasteiger partial charge in [0, 0.05) is 12.8 Å². The van der Waals surface area contributed by atoms with E-state index < -0.39 is 75.7 Å². The van der Waals surface area contributed by atoms with E-state index in [1.165, 1.54) is 148 Å². The van der Waals surface area contributed by atoms with Gasteiger partial charge in [-0.3, -0.25) is 18.6 Å². The maximum absolute atomic E-state index is 12.8. The second-order valence-electron chi connectivity index (χ2n) is 18.7. The van der Waals surface area contributed by atoms with Crippen molar-refractivity contribution in [2.75, 3.05) is 13.2 Å². The second kappa shape index (κ2) is 41.6. The molecule has 0 amide bonds. The van der Waals surface area contributed by atoms with Gasteiger partial charge in [0.25, 0.3) is 0 Å². The molecule has 0 aromatic heterocycles. The molecular weight excluding hydrogens is 852 g/mol. The molecule has 13 nitrogen and oxygen atoms in total. The fourth-order valence-corrected chi connectivity index (χ4v) is 9.32. The number of ether oxygens (including phenoxy) is 2. The third kappa shape index (κ3) is 33.7. The summed E-state index contributed by atoms with van der Waals surface area (Å²) in [6.45, 7) is 3.31. The number of carbonyl (C=O) groups is 2. The Bertz CT molecular complexity index is 1190. The van der Waals surface area contributed by atoms with Crippen LogP contribution in [0.2, 0.25) is 0 Å². The van der Waals surface area contributed by atoms with E-state index in [9.17, 15) is 44.6 Å². The average molecular weight is 949 g/mol. The van der Waals surface area contributed by atoms with E-state index in [2.05, 4.69) is 26.0 Å². The molecule has 6 unspecified atom stereocenters. The van der Waals surface area contributed by atoms with Crippen LogP contribution in [-0.4, -0.2) is 98.3 Å². The third-order valence-electron chi connectivity index (χ3n) is 12.6. The third-order valence-corrected chi connectivity index (χ3v) is 13.6. The van der Waals surface area contributed by atoms with Crippen molar-refractivity contribution in [3.8, 4) is 0 Å². The molecule has 0 heterocycles. The van der Waals surface area contributed by atoms with Gasteiger partial charge in [0.15, 0.2) is 6.10 Å².